The Hall–Kier alpha value is -1.38. The molecule has 2 heteroatoms. The average molecular weight is 325 g/mol. The molecular weight excluding hydrogens is 298 g/mol. The van der Waals surface area contributed by atoms with Gasteiger partial charge >= 0.3 is 0 Å². The topological polar surface area (TPSA) is 0 Å². The predicted octanol–water partition coefficient (Wildman–Crippen LogP) is 5.20. The average Bonchev–Trinajstić information content (AvgIpc) is 3.09. The zero-order valence-electron chi connectivity index (χ0n) is 14.1. The molecule has 4 rings (SSSR count). The molecule has 0 N–H and O–H groups in total. The number of quaternary nitrogens is 1. The smallest absolute Gasteiger partial charge is 0.0896 e. The van der Waals surface area contributed by atoms with Crippen LogP contribution in [0.25, 0.3) is 5.57 Å². The van der Waals surface area contributed by atoms with Gasteiger partial charge in [0, 0.05) is 30.6 Å². The highest BCUT2D eigenvalue weighted by atomic mass is 32.1. The van der Waals surface area contributed by atoms with Crippen molar-refractivity contribution in [1.29, 1.82) is 0 Å². The maximum Gasteiger partial charge on any atom is 0.0896 e. The van der Waals surface area contributed by atoms with Gasteiger partial charge in [-0.2, -0.15) is 0 Å². The molecule has 2 atom stereocenters. The highest BCUT2D eigenvalue weighted by Gasteiger charge is 2.48. The van der Waals surface area contributed by atoms with E-state index in [1.807, 2.05) is 11.3 Å². The number of benzene rings is 1. The summed E-state index contributed by atoms with van der Waals surface area (Å²) in [4.78, 5) is 1.41. The third-order valence-corrected chi connectivity index (χ3v) is 7.04. The molecular formula is C21H26NS+. The highest BCUT2D eigenvalue weighted by molar-refractivity contribution is 7.11. The van der Waals surface area contributed by atoms with Gasteiger partial charge in [0.2, 0.25) is 0 Å². The molecule has 2 unspecified atom stereocenters. The summed E-state index contributed by atoms with van der Waals surface area (Å²) in [7, 11) is 4.89. The van der Waals surface area contributed by atoms with Gasteiger partial charge in [-0.3, -0.25) is 0 Å². The summed E-state index contributed by atoms with van der Waals surface area (Å²) < 4.78 is 1.25. The molecule has 2 fully saturated rings. The fraction of sp³-hybridized carbons (Fsp3) is 0.429. The molecule has 23 heavy (non-hydrogen) atoms. The van der Waals surface area contributed by atoms with Crippen molar-refractivity contribution in [2.24, 2.45) is 5.92 Å². The Labute approximate surface area is 143 Å². The zero-order chi connectivity index (χ0) is 15.9. The van der Waals surface area contributed by atoms with Gasteiger partial charge in [0.25, 0.3) is 0 Å². The van der Waals surface area contributed by atoms with E-state index in [0.29, 0.717) is 0 Å². The quantitative estimate of drug-likeness (QED) is 0.681. The molecule has 3 heterocycles. The van der Waals surface area contributed by atoms with Crippen LogP contribution in [0, 0.1) is 5.92 Å². The molecule has 0 radical (unpaired) electrons. The first-order valence-electron chi connectivity index (χ1n) is 8.79. The molecule has 2 aliphatic rings. The SMILES string of the molecule is C[N+]1(C)C2CCC1CC(C=C(c1ccccc1)c1cccs1)C2. The minimum absolute atomic E-state index is 0.732. The lowest BCUT2D eigenvalue weighted by atomic mass is 9.86. The Morgan fingerprint density at radius 2 is 1.70 bits per heavy atom. The molecule has 2 aromatic rings. The molecule has 1 aromatic carbocycles. The van der Waals surface area contributed by atoms with Gasteiger partial charge in [0.1, 0.15) is 0 Å². The van der Waals surface area contributed by atoms with E-state index in [4.69, 9.17) is 0 Å². The maximum absolute atomic E-state index is 2.59. The van der Waals surface area contributed by atoms with E-state index < -0.39 is 0 Å². The molecule has 2 saturated heterocycles. The number of piperidine rings is 1. The molecule has 1 nitrogen and oxygen atoms in total. The second-order valence-corrected chi connectivity index (χ2v) is 8.62. The summed E-state index contributed by atoms with van der Waals surface area (Å²) >= 11 is 1.86. The van der Waals surface area contributed by atoms with E-state index in [9.17, 15) is 0 Å². The predicted molar refractivity (Wildman–Crippen MR) is 99.5 cm³/mol. The summed E-state index contributed by atoms with van der Waals surface area (Å²) in [6.07, 6.45) is 8.13. The van der Waals surface area contributed by atoms with Crippen LogP contribution in [-0.4, -0.2) is 30.7 Å². The monoisotopic (exact) mass is 324 g/mol. The van der Waals surface area contributed by atoms with Crippen LogP contribution >= 0.6 is 11.3 Å². The standard InChI is InChI=1S/C21H26NS/c1-22(2)18-10-11-19(22)14-16(13-18)15-20(21-9-6-12-23-21)17-7-4-3-5-8-17/h3-9,12,15-16,18-19H,10-11,13-14H2,1-2H3/q+1. The fourth-order valence-corrected chi connectivity index (χ4v) is 5.44. The van der Waals surface area contributed by atoms with E-state index in [1.165, 1.54) is 46.2 Å². The number of thiophene rings is 1. The Bertz CT molecular complexity index is 668. The first-order chi connectivity index (χ1) is 11.1. The third kappa shape index (κ3) is 2.79. The van der Waals surface area contributed by atoms with Crippen molar-refractivity contribution in [2.45, 2.75) is 37.8 Å². The van der Waals surface area contributed by atoms with Gasteiger partial charge in [-0.15, -0.1) is 11.3 Å². The Balaban J connectivity index is 1.67. The highest BCUT2D eigenvalue weighted by Crippen LogP contribution is 2.43. The largest absolute Gasteiger partial charge is 0.324 e. The first kappa shape index (κ1) is 15.2. The van der Waals surface area contributed by atoms with Crippen LogP contribution in [0.3, 0.4) is 0 Å². The van der Waals surface area contributed by atoms with E-state index >= 15 is 0 Å². The van der Waals surface area contributed by atoms with Crippen LogP contribution in [-0.2, 0) is 0 Å². The fourth-order valence-electron chi connectivity index (χ4n) is 4.66. The third-order valence-electron chi connectivity index (χ3n) is 6.14. The molecule has 1 aromatic heterocycles. The summed E-state index contributed by atoms with van der Waals surface area (Å²) in [5.74, 6) is 0.732. The van der Waals surface area contributed by atoms with Gasteiger partial charge in [-0.05, 0) is 28.5 Å². The van der Waals surface area contributed by atoms with Gasteiger partial charge in [0.15, 0.2) is 0 Å². The molecule has 0 saturated carbocycles. The normalized spacial score (nSPS) is 29.7. The number of hydrogen-bond acceptors (Lipinski definition) is 1. The molecule has 0 spiro atoms. The van der Waals surface area contributed by atoms with E-state index in [2.05, 4.69) is 68.0 Å². The molecule has 2 aliphatic heterocycles. The summed E-state index contributed by atoms with van der Waals surface area (Å²) in [5, 5.41) is 2.19. The maximum atomic E-state index is 2.59. The summed E-state index contributed by atoms with van der Waals surface area (Å²) in [5.41, 5.74) is 2.80. The lowest BCUT2D eigenvalue weighted by molar-refractivity contribution is -0.931. The first-order valence-corrected chi connectivity index (χ1v) is 9.67. The van der Waals surface area contributed by atoms with E-state index in [1.54, 1.807) is 0 Å². The van der Waals surface area contributed by atoms with Crippen LogP contribution in [0.4, 0.5) is 0 Å². The second-order valence-electron chi connectivity index (χ2n) is 7.67. The number of hydrogen-bond donors (Lipinski definition) is 0. The molecule has 0 aliphatic carbocycles. The second kappa shape index (κ2) is 5.92. The van der Waals surface area contributed by atoms with Crippen molar-refractivity contribution >= 4 is 16.9 Å². The van der Waals surface area contributed by atoms with Crippen molar-refractivity contribution in [3.05, 3.63) is 64.4 Å². The van der Waals surface area contributed by atoms with Crippen LogP contribution in [0.1, 0.15) is 36.1 Å². The van der Waals surface area contributed by atoms with Crippen molar-refractivity contribution in [3.8, 4) is 0 Å². The lowest BCUT2D eigenvalue weighted by Gasteiger charge is -2.43. The van der Waals surface area contributed by atoms with Gasteiger partial charge in [0.05, 0.1) is 26.2 Å². The van der Waals surface area contributed by atoms with Crippen molar-refractivity contribution < 1.29 is 4.48 Å². The Kier molecular flexibility index (Phi) is 3.90. The molecule has 120 valence electrons. The van der Waals surface area contributed by atoms with Crippen LogP contribution in [0.15, 0.2) is 53.9 Å². The van der Waals surface area contributed by atoms with Crippen molar-refractivity contribution in [3.63, 3.8) is 0 Å². The van der Waals surface area contributed by atoms with E-state index in [0.717, 1.165) is 18.0 Å². The summed E-state index contributed by atoms with van der Waals surface area (Å²) in [6.45, 7) is 0. The number of rotatable bonds is 3. The lowest BCUT2D eigenvalue weighted by Crippen LogP contribution is -2.54. The van der Waals surface area contributed by atoms with Crippen molar-refractivity contribution in [1.82, 2.24) is 0 Å². The van der Waals surface area contributed by atoms with Gasteiger partial charge < -0.3 is 4.48 Å². The molecule has 0 amide bonds. The Morgan fingerprint density at radius 1 is 1.00 bits per heavy atom. The zero-order valence-corrected chi connectivity index (χ0v) is 14.9. The molecule has 2 bridgehead atoms. The van der Waals surface area contributed by atoms with Crippen molar-refractivity contribution in [2.75, 3.05) is 14.1 Å². The van der Waals surface area contributed by atoms with E-state index in [-0.39, 0.29) is 0 Å². The van der Waals surface area contributed by atoms with Gasteiger partial charge in [-0.25, -0.2) is 0 Å². The number of allylic oxidation sites excluding steroid dienone is 1. The minimum Gasteiger partial charge on any atom is -0.324 e. The van der Waals surface area contributed by atoms with Crippen LogP contribution < -0.4 is 0 Å². The van der Waals surface area contributed by atoms with Crippen LogP contribution in [0.5, 0.6) is 0 Å². The number of nitrogens with zero attached hydrogens (tertiary/aromatic N) is 1. The minimum atomic E-state index is 0.732. The Morgan fingerprint density at radius 3 is 2.30 bits per heavy atom. The number of fused-ring (bicyclic) bond motifs is 2. The summed E-state index contributed by atoms with van der Waals surface area (Å²) in [6, 6.07) is 17.1. The van der Waals surface area contributed by atoms with Gasteiger partial charge in [-0.1, -0.05) is 42.5 Å². The van der Waals surface area contributed by atoms with Crippen LogP contribution in [0.2, 0.25) is 0 Å².